The predicted molar refractivity (Wildman–Crippen MR) is 120 cm³/mol. The first kappa shape index (κ1) is 20.8. The van der Waals surface area contributed by atoms with Crippen molar-refractivity contribution >= 4 is 12.2 Å². The van der Waals surface area contributed by atoms with Crippen LogP contribution in [0.3, 0.4) is 0 Å². The number of methoxy groups -OCH3 is 1. The van der Waals surface area contributed by atoms with Gasteiger partial charge in [0.1, 0.15) is 5.75 Å². The molecule has 0 spiro atoms. The number of likely N-dealkylation sites (tertiary alicyclic amines) is 1. The van der Waals surface area contributed by atoms with Gasteiger partial charge in [0.25, 0.3) is 0 Å². The lowest BCUT2D eigenvalue weighted by atomic mass is 10.1. The molecule has 1 aliphatic rings. The van der Waals surface area contributed by atoms with E-state index in [9.17, 15) is 5.11 Å². The Morgan fingerprint density at radius 2 is 1.90 bits per heavy atom. The minimum absolute atomic E-state index is 0.269. The fraction of sp³-hybridized carbons (Fsp3) is 0.391. The van der Waals surface area contributed by atoms with Gasteiger partial charge in [-0.15, -0.1) is 0 Å². The van der Waals surface area contributed by atoms with E-state index in [1.807, 2.05) is 35.0 Å². The molecule has 1 N–H and O–H groups in total. The van der Waals surface area contributed by atoms with E-state index >= 15 is 0 Å². The summed E-state index contributed by atoms with van der Waals surface area (Å²) in [6.45, 7) is 2.97. The fourth-order valence-corrected chi connectivity index (χ4v) is 4.20. The summed E-state index contributed by atoms with van der Waals surface area (Å²) >= 11 is 5.82. The molecule has 0 amide bonds. The zero-order valence-electron chi connectivity index (χ0n) is 17.3. The van der Waals surface area contributed by atoms with E-state index in [0.29, 0.717) is 18.0 Å². The van der Waals surface area contributed by atoms with Gasteiger partial charge in [-0.05, 0) is 61.3 Å². The fourth-order valence-electron chi connectivity index (χ4n) is 3.92. The normalized spacial score (nSPS) is 17.2. The Labute approximate surface area is 182 Å². The number of aliphatic hydroxyl groups is 1. The molecule has 3 aromatic rings. The summed E-state index contributed by atoms with van der Waals surface area (Å²) in [6, 6.07) is 18.3. The van der Waals surface area contributed by atoms with Crippen molar-refractivity contribution in [3.63, 3.8) is 0 Å². The lowest BCUT2D eigenvalue weighted by Gasteiger charge is -2.29. The van der Waals surface area contributed by atoms with Crippen LogP contribution < -0.4 is 4.74 Å². The first-order valence-corrected chi connectivity index (χ1v) is 10.8. The van der Waals surface area contributed by atoms with E-state index < -0.39 is 0 Å². The summed E-state index contributed by atoms with van der Waals surface area (Å²) in [7, 11) is 1.66. The van der Waals surface area contributed by atoms with Crippen molar-refractivity contribution in [1.29, 1.82) is 0 Å². The third-order valence-corrected chi connectivity index (χ3v) is 5.98. The Morgan fingerprint density at radius 3 is 2.60 bits per heavy atom. The molecule has 4 rings (SSSR count). The molecule has 1 saturated heterocycles. The number of rotatable bonds is 7. The Kier molecular flexibility index (Phi) is 6.62. The third-order valence-electron chi connectivity index (χ3n) is 5.55. The first-order chi connectivity index (χ1) is 14.6. The number of nitrogens with zero attached hydrogens (tertiary/aromatic N) is 4. The highest BCUT2D eigenvalue weighted by molar-refractivity contribution is 7.71. The Hall–Kier alpha value is -2.48. The molecular weight excluding hydrogens is 396 g/mol. The number of aliphatic hydroxyl groups excluding tert-OH is 1. The Balaban J connectivity index is 1.64. The van der Waals surface area contributed by atoms with Crippen molar-refractivity contribution in [2.45, 2.75) is 38.6 Å². The molecule has 0 unspecified atom stereocenters. The van der Waals surface area contributed by atoms with Crippen LogP contribution in [0.1, 0.15) is 18.4 Å². The maximum absolute atomic E-state index is 10.0. The molecule has 2 aromatic carbocycles. The predicted octanol–water partition coefficient (Wildman–Crippen LogP) is 3.75. The van der Waals surface area contributed by atoms with Crippen molar-refractivity contribution in [3.05, 3.63) is 64.9 Å². The number of aromatic nitrogens is 3. The summed E-state index contributed by atoms with van der Waals surface area (Å²) in [6.07, 6.45) is 2.47. The van der Waals surface area contributed by atoms with Crippen molar-refractivity contribution < 1.29 is 9.84 Å². The molecule has 1 aliphatic heterocycles. The zero-order chi connectivity index (χ0) is 20.9. The average Bonchev–Trinajstić information content (AvgIpc) is 3.08. The lowest BCUT2D eigenvalue weighted by Crippen LogP contribution is -2.39. The molecule has 30 heavy (non-hydrogen) atoms. The molecule has 1 aromatic heterocycles. The second kappa shape index (κ2) is 9.55. The number of benzene rings is 2. The van der Waals surface area contributed by atoms with Gasteiger partial charge in [-0.25, -0.2) is 4.68 Å². The van der Waals surface area contributed by atoms with E-state index in [1.165, 1.54) is 5.56 Å². The average molecular weight is 425 g/mol. The van der Waals surface area contributed by atoms with Crippen molar-refractivity contribution in [2.75, 3.05) is 20.2 Å². The molecular formula is C23H28N4O2S. The van der Waals surface area contributed by atoms with Gasteiger partial charge in [-0.1, -0.05) is 30.3 Å². The van der Waals surface area contributed by atoms with E-state index in [-0.39, 0.29) is 6.10 Å². The molecule has 0 bridgehead atoms. The lowest BCUT2D eigenvalue weighted by molar-refractivity contribution is 0.0513. The van der Waals surface area contributed by atoms with Gasteiger partial charge in [0.15, 0.2) is 10.6 Å². The molecule has 0 aliphatic carbocycles. The van der Waals surface area contributed by atoms with Gasteiger partial charge in [-0.2, -0.15) is 5.10 Å². The van der Waals surface area contributed by atoms with Crippen LogP contribution in [0.2, 0.25) is 0 Å². The number of hydrogen-bond donors (Lipinski definition) is 1. The summed E-state index contributed by atoms with van der Waals surface area (Å²) in [5.41, 5.74) is 2.28. The molecule has 7 heteroatoms. The summed E-state index contributed by atoms with van der Waals surface area (Å²) in [5.74, 6) is 1.67. The topological polar surface area (TPSA) is 55.4 Å². The second-order valence-electron chi connectivity index (χ2n) is 7.74. The molecule has 158 valence electrons. The quantitative estimate of drug-likeness (QED) is 0.586. The van der Waals surface area contributed by atoms with Crippen LogP contribution in [0, 0.1) is 4.77 Å². The molecule has 0 radical (unpaired) electrons. The number of β-amino-alcohol motifs (C(OH)–C–C–N with tert-alkyl or cyclic N) is 1. The van der Waals surface area contributed by atoms with E-state index in [0.717, 1.165) is 49.5 Å². The molecule has 1 atom stereocenters. The van der Waals surface area contributed by atoms with Gasteiger partial charge >= 0.3 is 0 Å². The van der Waals surface area contributed by atoms with Gasteiger partial charge in [0.2, 0.25) is 0 Å². The Bertz CT molecular complexity index is 1010. The molecule has 0 saturated carbocycles. The Morgan fingerprint density at radius 1 is 1.13 bits per heavy atom. The number of piperidine rings is 1. The molecule has 6 nitrogen and oxygen atoms in total. The van der Waals surface area contributed by atoms with Crippen molar-refractivity contribution in [1.82, 2.24) is 19.2 Å². The van der Waals surface area contributed by atoms with Crippen LogP contribution >= 0.6 is 12.2 Å². The van der Waals surface area contributed by atoms with Crippen molar-refractivity contribution in [3.8, 4) is 17.1 Å². The maximum Gasteiger partial charge on any atom is 0.199 e. The van der Waals surface area contributed by atoms with Crippen LogP contribution in [0.4, 0.5) is 0 Å². The van der Waals surface area contributed by atoms with Crippen LogP contribution in [0.25, 0.3) is 11.4 Å². The standard InChI is InChI=1S/C23H28N4O2S/c1-29-21-11-9-19(10-12-21)22-24-27(17-25-14-5-8-20(28)16-25)23(30)26(22)15-13-18-6-3-2-4-7-18/h2-4,6-7,9-12,20,28H,5,8,13-17H2,1H3/t20-/m0/s1. The van der Waals surface area contributed by atoms with Crippen LogP contribution in [-0.2, 0) is 19.6 Å². The van der Waals surface area contributed by atoms with Crippen LogP contribution in [0.15, 0.2) is 54.6 Å². The summed E-state index contributed by atoms with van der Waals surface area (Å²) < 4.78 is 10.0. The summed E-state index contributed by atoms with van der Waals surface area (Å²) in [5, 5.41) is 14.9. The highest BCUT2D eigenvalue weighted by Crippen LogP contribution is 2.23. The van der Waals surface area contributed by atoms with Crippen LogP contribution in [0.5, 0.6) is 5.75 Å². The number of ether oxygens (including phenoxy) is 1. The molecule has 2 heterocycles. The van der Waals surface area contributed by atoms with E-state index in [4.69, 9.17) is 22.1 Å². The van der Waals surface area contributed by atoms with Gasteiger partial charge in [0.05, 0.1) is 19.9 Å². The SMILES string of the molecule is COc1ccc(-c2nn(CN3CCC[C@H](O)C3)c(=S)n2CCc2ccccc2)cc1. The first-order valence-electron chi connectivity index (χ1n) is 10.4. The van der Waals surface area contributed by atoms with Gasteiger partial charge in [-0.3, -0.25) is 9.47 Å². The number of hydrogen-bond acceptors (Lipinski definition) is 5. The second-order valence-corrected chi connectivity index (χ2v) is 8.10. The minimum atomic E-state index is -0.269. The highest BCUT2D eigenvalue weighted by atomic mass is 32.1. The smallest absolute Gasteiger partial charge is 0.199 e. The summed E-state index contributed by atoms with van der Waals surface area (Å²) in [4.78, 5) is 2.22. The zero-order valence-corrected chi connectivity index (χ0v) is 18.1. The van der Waals surface area contributed by atoms with E-state index in [2.05, 4.69) is 33.7 Å². The largest absolute Gasteiger partial charge is 0.497 e. The third kappa shape index (κ3) is 4.80. The maximum atomic E-state index is 10.0. The monoisotopic (exact) mass is 424 g/mol. The van der Waals surface area contributed by atoms with E-state index in [1.54, 1.807) is 7.11 Å². The number of aryl methyl sites for hydroxylation is 1. The van der Waals surface area contributed by atoms with Gasteiger partial charge < -0.3 is 9.84 Å². The molecule has 1 fully saturated rings. The van der Waals surface area contributed by atoms with Crippen LogP contribution in [-0.4, -0.2) is 50.7 Å². The van der Waals surface area contributed by atoms with Gasteiger partial charge in [0, 0.05) is 25.2 Å². The van der Waals surface area contributed by atoms with Crippen molar-refractivity contribution in [2.24, 2.45) is 0 Å². The minimum Gasteiger partial charge on any atom is -0.497 e. The highest BCUT2D eigenvalue weighted by Gasteiger charge is 2.20.